The van der Waals surface area contributed by atoms with E-state index in [1.807, 2.05) is 11.8 Å². The summed E-state index contributed by atoms with van der Waals surface area (Å²) in [5.74, 6) is 0.586. The molecule has 1 aliphatic carbocycles. The molecule has 0 spiro atoms. The van der Waals surface area contributed by atoms with Gasteiger partial charge in [-0.3, -0.25) is 4.79 Å². The molecular weight excluding hydrogens is 288 g/mol. The molecule has 1 fully saturated rings. The molecular formula is C13H24N6OS. The smallest absolute Gasteiger partial charge is 0.233 e. The van der Waals surface area contributed by atoms with E-state index in [0.717, 1.165) is 25.9 Å². The second-order valence-electron chi connectivity index (χ2n) is 5.49. The van der Waals surface area contributed by atoms with Crippen LogP contribution in [-0.2, 0) is 11.3 Å². The minimum atomic E-state index is 0.180. The first-order valence-electron chi connectivity index (χ1n) is 7.53. The van der Waals surface area contributed by atoms with E-state index in [2.05, 4.69) is 34.7 Å². The van der Waals surface area contributed by atoms with Crippen LogP contribution in [-0.4, -0.2) is 61.9 Å². The highest BCUT2D eigenvalue weighted by Gasteiger charge is 2.31. The normalized spacial score (nSPS) is 14.7. The molecule has 1 aromatic heterocycles. The topological polar surface area (TPSA) is 75.9 Å². The molecule has 0 aromatic carbocycles. The summed E-state index contributed by atoms with van der Waals surface area (Å²) in [5, 5.41) is 15.7. The number of amides is 1. The van der Waals surface area contributed by atoms with Crippen LogP contribution in [0.2, 0.25) is 0 Å². The van der Waals surface area contributed by atoms with Gasteiger partial charge in [0, 0.05) is 25.2 Å². The molecule has 0 aliphatic heterocycles. The van der Waals surface area contributed by atoms with Crippen molar-refractivity contribution in [1.82, 2.24) is 30.4 Å². The number of tetrazole rings is 1. The average molecular weight is 312 g/mol. The fourth-order valence-electron chi connectivity index (χ4n) is 2.13. The molecule has 0 radical (unpaired) electrons. The van der Waals surface area contributed by atoms with Crippen molar-refractivity contribution in [3.63, 3.8) is 0 Å². The number of hydrogen-bond donors (Lipinski definition) is 1. The first-order chi connectivity index (χ1) is 10.1. The van der Waals surface area contributed by atoms with Crippen molar-refractivity contribution in [2.24, 2.45) is 0 Å². The zero-order chi connectivity index (χ0) is 15.2. The van der Waals surface area contributed by atoms with Crippen LogP contribution in [0.3, 0.4) is 0 Å². The molecule has 2 rings (SSSR count). The summed E-state index contributed by atoms with van der Waals surface area (Å²) >= 11 is 1.42. The van der Waals surface area contributed by atoms with E-state index in [1.165, 1.54) is 11.8 Å². The Morgan fingerprint density at radius 1 is 1.52 bits per heavy atom. The monoisotopic (exact) mass is 312 g/mol. The quantitative estimate of drug-likeness (QED) is 0.679. The molecule has 0 atom stereocenters. The van der Waals surface area contributed by atoms with Crippen LogP contribution < -0.4 is 5.32 Å². The second-order valence-corrected chi connectivity index (χ2v) is 6.44. The third-order valence-electron chi connectivity index (χ3n) is 3.35. The lowest BCUT2D eigenvalue weighted by Gasteiger charge is -2.19. The summed E-state index contributed by atoms with van der Waals surface area (Å²) in [5.41, 5.74) is 0. The predicted octanol–water partition coefficient (Wildman–Crippen LogP) is 0.774. The largest absolute Gasteiger partial charge is 0.339 e. The molecule has 118 valence electrons. The summed E-state index contributed by atoms with van der Waals surface area (Å²) in [6.07, 6.45) is 2.28. The minimum absolute atomic E-state index is 0.180. The van der Waals surface area contributed by atoms with Crippen molar-refractivity contribution >= 4 is 17.7 Å². The lowest BCUT2D eigenvalue weighted by atomic mass is 10.4. The molecule has 0 bridgehead atoms. The first kappa shape index (κ1) is 16.2. The van der Waals surface area contributed by atoms with Crippen molar-refractivity contribution in [2.45, 2.75) is 57.4 Å². The SMILES string of the molecule is CCN(C(=O)CSc1nnnn1CCNC(C)C)C1CC1. The van der Waals surface area contributed by atoms with E-state index in [-0.39, 0.29) is 5.91 Å². The van der Waals surface area contributed by atoms with Gasteiger partial charge in [0.25, 0.3) is 0 Å². The highest BCUT2D eigenvalue weighted by atomic mass is 32.2. The van der Waals surface area contributed by atoms with Crippen molar-refractivity contribution in [3.05, 3.63) is 0 Å². The van der Waals surface area contributed by atoms with Gasteiger partial charge in [0.05, 0.1) is 12.3 Å². The Morgan fingerprint density at radius 3 is 2.90 bits per heavy atom. The third kappa shape index (κ3) is 4.96. The highest BCUT2D eigenvalue weighted by molar-refractivity contribution is 7.99. The Morgan fingerprint density at radius 2 is 2.29 bits per heavy atom. The Hall–Kier alpha value is -1.15. The summed E-state index contributed by atoms with van der Waals surface area (Å²) < 4.78 is 1.75. The Balaban J connectivity index is 1.80. The van der Waals surface area contributed by atoms with Gasteiger partial charge in [-0.15, -0.1) is 5.10 Å². The molecule has 0 saturated heterocycles. The van der Waals surface area contributed by atoms with Gasteiger partial charge < -0.3 is 10.2 Å². The standard InChI is InChI=1S/C13H24N6OS/c1-4-18(11-5-6-11)12(20)9-21-13-15-16-17-19(13)8-7-14-10(2)3/h10-11,14H,4-9H2,1-3H3. The van der Waals surface area contributed by atoms with Gasteiger partial charge in [0.15, 0.2) is 0 Å². The van der Waals surface area contributed by atoms with Gasteiger partial charge in [0.2, 0.25) is 11.1 Å². The van der Waals surface area contributed by atoms with E-state index in [1.54, 1.807) is 4.68 Å². The lowest BCUT2D eigenvalue weighted by Crippen LogP contribution is -2.34. The number of nitrogens with zero attached hydrogens (tertiary/aromatic N) is 5. The van der Waals surface area contributed by atoms with Gasteiger partial charge >= 0.3 is 0 Å². The second kappa shape index (κ2) is 7.74. The summed E-state index contributed by atoms with van der Waals surface area (Å²) in [4.78, 5) is 14.1. The molecule has 7 nitrogen and oxygen atoms in total. The average Bonchev–Trinajstić information content (AvgIpc) is 3.17. The number of rotatable bonds is 9. The maximum atomic E-state index is 12.2. The number of nitrogens with one attached hydrogen (secondary N) is 1. The van der Waals surface area contributed by atoms with Gasteiger partial charge in [0.1, 0.15) is 0 Å². The maximum absolute atomic E-state index is 12.2. The molecule has 8 heteroatoms. The van der Waals surface area contributed by atoms with Gasteiger partial charge in [-0.2, -0.15) is 0 Å². The molecule has 1 amide bonds. The van der Waals surface area contributed by atoms with Crippen LogP contribution in [0.5, 0.6) is 0 Å². The zero-order valence-electron chi connectivity index (χ0n) is 12.9. The lowest BCUT2D eigenvalue weighted by molar-refractivity contribution is -0.128. The number of carbonyl (C=O) groups excluding carboxylic acids is 1. The Kier molecular flexibility index (Phi) is 5.98. The third-order valence-corrected chi connectivity index (χ3v) is 4.29. The van der Waals surface area contributed by atoms with Crippen molar-refractivity contribution in [2.75, 3.05) is 18.8 Å². The van der Waals surface area contributed by atoms with E-state index in [9.17, 15) is 4.79 Å². The van der Waals surface area contributed by atoms with Crippen molar-refractivity contribution in [3.8, 4) is 0 Å². The summed E-state index contributed by atoms with van der Waals surface area (Å²) in [6.45, 7) is 8.54. The van der Waals surface area contributed by atoms with Crippen LogP contribution in [0.4, 0.5) is 0 Å². The fourth-order valence-corrected chi connectivity index (χ4v) is 2.92. The molecule has 0 unspecified atom stereocenters. The Labute approximate surface area is 129 Å². The van der Waals surface area contributed by atoms with Gasteiger partial charge in [-0.05, 0) is 30.2 Å². The molecule has 1 aliphatic rings. The molecule has 1 N–H and O–H groups in total. The number of thioether (sulfide) groups is 1. The van der Waals surface area contributed by atoms with E-state index >= 15 is 0 Å². The van der Waals surface area contributed by atoms with Crippen LogP contribution in [0, 0.1) is 0 Å². The predicted molar refractivity (Wildman–Crippen MR) is 82.1 cm³/mol. The van der Waals surface area contributed by atoms with Crippen LogP contribution >= 0.6 is 11.8 Å². The zero-order valence-corrected chi connectivity index (χ0v) is 13.8. The summed E-state index contributed by atoms with van der Waals surface area (Å²) in [6, 6.07) is 0.908. The maximum Gasteiger partial charge on any atom is 0.233 e. The summed E-state index contributed by atoms with van der Waals surface area (Å²) in [7, 11) is 0. The number of carbonyl (C=O) groups is 1. The number of hydrogen-bond acceptors (Lipinski definition) is 6. The molecule has 21 heavy (non-hydrogen) atoms. The molecule has 1 aromatic rings. The number of aromatic nitrogens is 4. The van der Waals surface area contributed by atoms with Crippen LogP contribution in [0.15, 0.2) is 5.16 Å². The van der Waals surface area contributed by atoms with Crippen molar-refractivity contribution in [1.29, 1.82) is 0 Å². The van der Waals surface area contributed by atoms with Gasteiger partial charge in [-0.25, -0.2) is 4.68 Å². The van der Waals surface area contributed by atoms with Crippen LogP contribution in [0.25, 0.3) is 0 Å². The van der Waals surface area contributed by atoms with E-state index < -0.39 is 0 Å². The molecule has 1 heterocycles. The van der Waals surface area contributed by atoms with E-state index in [0.29, 0.717) is 29.5 Å². The first-order valence-corrected chi connectivity index (χ1v) is 8.52. The van der Waals surface area contributed by atoms with E-state index in [4.69, 9.17) is 0 Å². The van der Waals surface area contributed by atoms with Gasteiger partial charge in [-0.1, -0.05) is 25.6 Å². The Bertz CT molecular complexity index is 459. The fraction of sp³-hybridized carbons (Fsp3) is 0.846. The van der Waals surface area contributed by atoms with Crippen LogP contribution in [0.1, 0.15) is 33.6 Å². The molecule has 1 saturated carbocycles. The minimum Gasteiger partial charge on any atom is -0.339 e. The van der Waals surface area contributed by atoms with Crippen molar-refractivity contribution < 1.29 is 4.79 Å². The highest BCUT2D eigenvalue weighted by Crippen LogP contribution is 2.27.